The molecule has 0 saturated heterocycles. The Labute approximate surface area is 213 Å². The van der Waals surface area contributed by atoms with E-state index in [1.165, 1.54) is 5.56 Å². The molecule has 0 radical (unpaired) electrons. The lowest BCUT2D eigenvalue weighted by Gasteiger charge is -2.19. The zero-order valence-electron chi connectivity index (χ0n) is 20.3. The van der Waals surface area contributed by atoms with Gasteiger partial charge in [0.15, 0.2) is 22.5 Å². The van der Waals surface area contributed by atoms with Crippen molar-refractivity contribution < 1.29 is 14.2 Å². The van der Waals surface area contributed by atoms with Crippen LogP contribution in [-0.4, -0.2) is 26.5 Å². The molecule has 3 heterocycles. The number of ether oxygens (including phenoxy) is 3. The highest BCUT2D eigenvalue weighted by atomic mass is 32.2. The fourth-order valence-electron chi connectivity index (χ4n) is 3.72. The van der Waals surface area contributed by atoms with Crippen molar-refractivity contribution in [2.45, 2.75) is 57.2 Å². The molecule has 1 aliphatic heterocycles. The van der Waals surface area contributed by atoms with E-state index in [0.29, 0.717) is 12.4 Å². The van der Waals surface area contributed by atoms with E-state index in [9.17, 15) is 0 Å². The number of hydrogen-bond acceptors (Lipinski definition) is 8. The molecule has 0 aliphatic carbocycles. The summed E-state index contributed by atoms with van der Waals surface area (Å²) in [4.78, 5) is 4.80. The molecular formula is C26H28N4O3S2. The van der Waals surface area contributed by atoms with Crippen molar-refractivity contribution in [3.63, 3.8) is 0 Å². The van der Waals surface area contributed by atoms with E-state index >= 15 is 0 Å². The predicted octanol–water partition coefficient (Wildman–Crippen LogP) is 6.32. The van der Waals surface area contributed by atoms with Crippen LogP contribution in [0.2, 0.25) is 0 Å². The third-order valence-corrected chi connectivity index (χ3v) is 7.66. The van der Waals surface area contributed by atoms with Crippen LogP contribution in [-0.2, 0) is 24.3 Å². The van der Waals surface area contributed by atoms with Gasteiger partial charge in [0.05, 0.1) is 5.69 Å². The third kappa shape index (κ3) is 5.31. The summed E-state index contributed by atoms with van der Waals surface area (Å²) in [6.07, 6.45) is 0. The average molecular weight is 509 g/mol. The van der Waals surface area contributed by atoms with Crippen LogP contribution < -0.4 is 14.2 Å². The van der Waals surface area contributed by atoms with Crippen molar-refractivity contribution in [2.75, 3.05) is 6.79 Å². The highest BCUT2D eigenvalue weighted by Gasteiger charge is 2.17. The minimum Gasteiger partial charge on any atom is -0.486 e. The van der Waals surface area contributed by atoms with Crippen molar-refractivity contribution >= 4 is 23.1 Å². The molecular weight excluding hydrogens is 480 g/mol. The van der Waals surface area contributed by atoms with Crippen LogP contribution in [0.5, 0.6) is 17.2 Å². The van der Waals surface area contributed by atoms with Crippen molar-refractivity contribution in [1.29, 1.82) is 0 Å². The standard InChI is InChI=1S/C26H28N4O3S2/c1-5-30-23(13-31-20-9-7-18(8-10-20)26(2,3)4)28-29-25(30)35-15-19-14-34-24(27-19)17-6-11-21-22(12-17)33-16-32-21/h6-12,14H,5,13,15-16H2,1-4H3. The minimum atomic E-state index is 0.121. The van der Waals surface area contributed by atoms with Gasteiger partial charge in [0.1, 0.15) is 17.4 Å². The van der Waals surface area contributed by atoms with Crippen molar-refractivity contribution in [1.82, 2.24) is 19.7 Å². The van der Waals surface area contributed by atoms with Crippen LogP contribution in [0.25, 0.3) is 10.6 Å². The van der Waals surface area contributed by atoms with Gasteiger partial charge in [-0.2, -0.15) is 0 Å². The molecule has 9 heteroatoms. The van der Waals surface area contributed by atoms with Gasteiger partial charge in [-0.25, -0.2) is 4.98 Å². The predicted molar refractivity (Wildman–Crippen MR) is 138 cm³/mol. The molecule has 0 unspecified atom stereocenters. The van der Waals surface area contributed by atoms with Gasteiger partial charge in [0, 0.05) is 23.2 Å². The van der Waals surface area contributed by atoms with Gasteiger partial charge in [0.2, 0.25) is 6.79 Å². The van der Waals surface area contributed by atoms with Crippen LogP contribution in [0.15, 0.2) is 53.0 Å². The van der Waals surface area contributed by atoms with Gasteiger partial charge < -0.3 is 18.8 Å². The summed E-state index contributed by atoms with van der Waals surface area (Å²) >= 11 is 3.26. The molecule has 2 aromatic heterocycles. The Kier molecular flexibility index (Phi) is 6.71. The van der Waals surface area contributed by atoms with E-state index in [4.69, 9.17) is 19.2 Å². The van der Waals surface area contributed by atoms with Crippen LogP contribution in [0.4, 0.5) is 0 Å². The summed E-state index contributed by atoms with van der Waals surface area (Å²) in [7, 11) is 0. The Hall–Kier alpha value is -3.04. The molecule has 0 saturated carbocycles. The highest BCUT2D eigenvalue weighted by Crippen LogP contribution is 2.37. The second-order valence-corrected chi connectivity index (χ2v) is 11.0. The first kappa shape index (κ1) is 23.7. The average Bonchev–Trinajstić information content (AvgIpc) is 3.60. The zero-order chi connectivity index (χ0) is 24.4. The van der Waals surface area contributed by atoms with Gasteiger partial charge in [0.25, 0.3) is 0 Å². The minimum absolute atomic E-state index is 0.121. The van der Waals surface area contributed by atoms with E-state index in [-0.39, 0.29) is 12.2 Å². The largest absolute Gasteiger partial charge is 0.486 e. The number of thioether (sulfide) groups is 1. The second kappa shape index (κ2) is 9.91. The third-order valence-electron chi connectivity index (χ3n) is 5.72. The molecule has 1 aliphatic rings. The van der Waals surface area contributed by atoms with Crippen LogP contribution in [0, 0.1) is 0 Å². The fraction of sp³-hybridized carbons (Fsp3) is 0.346. The summed E-state index contributed by atoms with van der Waals surface area (Å²) in [6.45, 7) is 10.1. The molecule has 0 bridgehead atoms. The topological polar surface area (TPSA) is 71.3 Å². The maximum Gasteiger partial charge on any atom is 0.231 e. The SMILES string of the molecule is CCn1c(COc2ccc(C(C)(C)C)cc2)nnc1SCc1csc(-c2ccc3c(c2)OCO3)n1. The number of thiazole rings is 1. The molecule has 2 aromatic carbocycles. The maximum absolute atomic E-state index is 6.00. The first-order chi connectivity index (χ1) is 16.9. The zero-order valence-corrected chi connectivity index (χ0v) is 21.9. The second-order valence-electron chi connectivity index (χ2n) is 9.21. The van der Waals surface area contributed by atoms with Crippen molar-refractivity contribution in [2.24, 2.45) is 0 Å². The van der Waals surface area contributed by atoms with Gasteiger partial charge in [-0.1, -0.05) is 44.7 Å². The molecule has 35 heavy (non-hydrogen) atoms. The van der Waals surface area contributed by atoms with Crippen LogP contribution in [0.1, 0.15) is 44.8 Å². The van der Waals surface area contributed by atoms with Crippen molar-refractivity contribution in [3.8, 4) is 27.8 Å². The first-order valence-electron chi connectivity index (χ1n) is 11.5. The van der Waals surface area contributed by atoms with Gasteiger partial charge in [-0.3, -0.25) is 0 Å². The Morgan fingerprint density at radius 2 is 1.86 bits per heavy atom. The molecule has 0 amide bonds. The molecule has 0 N–H and O–H groups in total. The van der Waals surface area contributed by atoms with Gasteiger partial charge >= 0.3 is 0 Å². The number of aromatic nitrogens is 4. The van der Waals surface area contributed by atoms with E-state index in [1.807, 2.05) is 30.3 Å². The summed E-state index contributed by atoms with van der Waals surface area (Å²) < 4.78 is 19.0. The van der Waals surface area contributed by atoms with E-state index in [2.05, 4.69) is 60.0 Å². The Morgan fingerprint density at radius 3 is 2.63 bits per heavy atom. The quantitative estimate of drug-likeness (QED) is 0.258. The lowest BCUT2D eigenvalue weighted by Crippen LogP contribution is -2.11. The molecule has 0 spiro atoms. The number of benzene rings is 2. The molecule has 0 atom stereocenters. The first-order valence-corrected chi connectivity index (χ1v) is 13.4. The lowest BCUT2D eigenvalue weighted by molar-refractivity contribution is 0.174. The number of rotatable bonds is 8. The van der Waals surface area contributed by atoms with E-state index in [1.54, 1.807) is 23.1 Å². The summed E-state index contributed by atoms with van der Waals surface area (Å²) in [6, 6.07) is 14.2. The smallest absolute Gasteiger partial charge is 0.231 e. The summed E-state index contributed by atoms with van der Waals surface area (Å²) in [5.41, 5.74) is 3.44. The van der Waals surface area contributed by atoms with Crippen LogP contribution in [0.3, 0.4) is 0 Å². The Balaban J connectivity index is 1.21. The van der Waals surface area contributed by atoms with Crippen LogP contribution >= 0.6 is 23.1 Å². The Morgan fingerprint density at radius 1 is 1.06 bits per heavy atom. The monoisotopic (exact) mass is 508 g/mol. The maximum atomic E-state index is 6.00. The molecule has 4 aromatic rings. The molecule has 0 fully saturated rings. The normalized spacial score (nSPS) is 12.8. The fourth-order valence-corrected chi connectivity index (χ4v) is 5.56. The molecule has 7 nitrogen and oxygen atoms in total. The summed E-state index contributed by atoms with van der Waals surface area (Å²) in [5.74, 6) is 3.91. The Bertz CT molecular complexity index is 1310. The number of hydrogen-bond donors (Lipinski definition) is 0. The molecule has 5 rings (SSSR count). The van der Waals surface area contributed by atoms with E-state index in [0.717, 1.165) is 51.0 Å². The summed E-state index contributed by atoms with van der Waals surface area (Å²) in [5, 5.41) is 12.7. The van der Waals surface area contributed by atoms with Gasteiger partial charge in [-0.15, -0.1) is 21.5 Å². The number of fused-ring (bicyclic) bond motifs is 1. The van der Waals surface area contributed by atoms with E-state index < -0.39 is 0 Å². The van der Waals surface area contributed by atoms with Crippen molar-refractivity contribution in [3.05, 3.63) is 64.9 Å². The van der Waals surface area contributed by atoms with Gasteiger partial charge in [-0.05, 0) is 48.2 Å². The molecule has 182 valence electrons. The number of nitrogens with zero attached hydrogens (tertiary/aromatic N) is 4. The lowest BCUT2D eigenvalue weighted by atomic mass is 9.87. The highest BCUT2D eigenvalue weighted by molar-refractivity contribution is 7.98.